The van der Waals surface area contributed by atoms with Crippen LogP contribution in [0.1, 0.15) is 0 Å². The van der Waals surface area contributed by atoms with Crippen molar-refractivity contribution in [1.82, 2.24) is 0 Å². The zero-order valence-corrected chi connectivity index (χ0v) is 11.4. The van der Waals surface area contributed by atoms with E-state index in [0.717, 1.165) is 5.02 Å². The lowest BCUT2D eigenvalue weighted by Gasteiger charge is -2.03. The maximum atomic E-state index is 6.24. The second-order valence-corrected chi connectivity index (χ2v) is 5.84. The fraction of sp³-hybridized carbons (Fsp3) is 0.111. The van der Waals surface area contributed by atoms with Crippen LogP contribution in [0, 0.1) is 3.57 Å². The molecule has 0 radical (unpaired) electrons. The minimum absolute atomic E-state index is 0.901. The highest BCUT2D eigenvalue weighted by molar-refractivity contribution is 14.1. The van der Waals surface area contributed by atoms with Crippen LogP contribution in [-0.4, -0.2) is 6.26 Å². The highest BCUT2D eigenvalue weighted by Crippen LogP contribution is 2.38. The van der Waals surface area contributed by atoms with Crippen molar-refractivity contribution in [3.05, 3.63) is 26.1 Å². The van der Waals surface area contributed by atoms with Gasteiger partial charge in [0.25, 0.3) is 0 Å². The average molecular weight is 341 g/mol. The maximum absolute atomic E-state index is 6.24. The topological polar surface area (TPSA) is 0 Å². The molecule has 0 bridgehead atoms. The summed E-state index contributed by atoms with van der Waals surface area (Å²) in [6.45, 7) is 0. The van der Waals surface area contributed by atoms with Gasteiger partial charge in [0.15, 0.2) is 0 Å². The van der Waals surface area contributed by atoms with Crippen LogP contribution in [0.4, 0.5) is 0 Å². The van der Waals surface area contributed by atoms with Crippen molar-refractivity contribution < 1.29 is 0 Å². The molecule has 0 aliphatic heterocycles. The number of fused-ring (bicyclic) bond motifs is 1. The number of thioether (sulfide) groups is 1. The molecule has 0 aliphatic rings. The lowest BCUT2D eigenvalue weighted by atomic mass is 10.3. The Morgan fingerprint density at radius 2 is 2.31 bits per heavy atom. The molecule has 0 N–H and O–H groups in total. The summed E-state index contributed by atoms with van der Waals surface area (Å²) in [4.78, 5) is 1.17. The lowest BCUT2D eigenvalue weighted by molar-refractivity contribution is 1.50. The molecule has 4 heteroatoms. The fourth-order valence-electron chi connectivity index (χ4n) is 1.18. The van der Waals surface area contributed by atoms with Crippen molar-refractivity contribution in [3.63, 3.8) is 0 Å². The second-order valence-electron chi connectivity index (χ2n) is 2.54. The van der Waals surface area contributed by atoms with E-state index < -0.39 is 0 Å². The molecule has 68 valence electrons. The van der Waals surface area contributed by atoms with Gasteiger partial charge in [-0.05, 0) is 46.4 Å². The maximum Gasteiger partial charge on any atom is 0.0720 e. The van der Waals surface area contributed by atoms with Gasteiger partial charge in [-0.2, -0.15) is 0 Å². The summed E-state index contributed by atoms with van der Waals surface area (Å²) in [6, 6.07) is 4.26. The zero-order chi connectivity index (χ0) is 9.42. The second kappa shape index (κ2) is 3.96. The normalized spacial score (nSPS) is 11.0. The Morgan fingerprint density at radius 1 is 1.54 bits per heavy atom. The largest absolute Gasteiger partial charge is 0.142 e. The summed E-state index contributed by atoms with van der Waals surface area (Å²) in [7, 11) is 0. The van der Waals surface area contributed by atoms with Gasteiger partial charge in [0.05, 0.1) is 9.72 Å². The number of hydrogen-bond donors (Lipinski definition) is 0. The van der Waals surface area contributed by atoms with Gasteiger partial charge in [-0.1, -0.05) is 11.6 Å². The third-order valence-electron chi connectivity index (χ3n) is 1.82. The van der Waals surface area contributed by atoms with E-state index >= 15 is 0 Å². The molecule has 2 rings (SSSR count). The SMILES string of the molecule is CSc1cc(I)c2ccsc2c1Cl. The van der Waals surface area contributed by atoms with Crippen molar-refractivity contribution in [2.75, 3.05) is 6.26 Å². The van der Waals surface area contributed by atoms with Gasteiger partial charge >= 0.3 is 0 Å². The molecular weight excluding hydrogens is 335 g/mol. The smallest absolute Gasteiger partial charge is 0.0720 e. The quantitative estimate of drug-likeness (QED) is 0.526. The molecule has 0 fully saturated rings. The average Bonchev–Trinajstić information content (AvgIpc) is 2.60. The molecule has 2 aromatic rings. The van der Waals surface area contributed by atoms with Crippen LogP contribution in [-0.2, 0) is 0 Å². The van der Waals surface area contributed by atoms with Crippen molar-refractivity contribution in [2.45, 2.75) is 4.90 Å². The molecule has 1 aromatic heterocycles. The predicted molar refractivity (Wildman–Crippen MR) is 71.3 cm³/mol. The van der Waals surface area contributed by atoms with Crippen LogP contribution in [0.2, 0.25) is 5.02 Å². The Hall–Kier alpha value is 0.550. The van der Waals surface area contributed by atoms with Crippen molar-refractivity contribution in [3.8, 4) is 0 Å². The minimum Gasteiger partial charge on any atom is -0.142 e. The molecule has 13 heavy (non-hydrogen) atoms. The first-order valence-electron chi connectivity index (χ1n) is 3.63. The number of thiophene rings is 1. The predicted octanol–water partition coefficient (Wildman–Crippen LogP) is 4.88. The van der Waals surface area contributed by atoms with E-state index in [4.69, 9.17) is 11.6 Å². The summed E-state index contributed by atoms with van der Waals surface area (Å²) >= 11 is 12.0. The van der Waals surface area contributed by atoms with Gasteiger partial charge in [0.2, 0.25) is 0 Å². The first kappa shape index (κ1) is 10.1. The highest BCUT2D eigenvalue weighted by Gasteiger charge is 2.09. The summed E-state index contributed by atoms with van der Waals surface area (Å²) in [5, 5.41) is 4.26. The Bertz CT molecular complexity index is 450. The number of benzene rings is 1. The van der Waals surface area contributed by atoms with Crippen LogP contribution in [0.5, 0.6) is 0 Å². The van der Waals surface area contributed by atoms with E-state index in [1.165, 1.54) is 18.6 Å². The van der Waals surface area contributed by atoms with E-state index in [9.17, 15) is 0 Å². The molecule has 0 unspecified atom stereocenters. The molecule has 0 spiro atoms. The van der Waals surface area contributed by atoms with E-state index in [2.05, 4.69) is 46.4 Å². The number of rotatable bonds is 1. The van der Waals surface area contributed by atoms with Crippen LogP contribution in [0.3, 0.4) is 0 Å². The van der Waals surface area contributed by atoms with Crippen LogP contribution in [0.25, 0.3) is 10.1 Å². The van der Waals surface area contributed by atoms with Crippen LogP contribution >= 0.6 is 57.3 Å². The van der Waals surface area contributed by atoms with Gasteiger partial charge in [0, 0.05) is 13.9 Å². The molecule has 0 aliphatic carbocycles. The standard InChI is InChI=1S/C9H6ClIS2/c1-12-7-4-6(11)5-2-3-13-9(5)8(7)10/h2-4H,1H3. The Labute approximate surface area is 104 Å². The molecule has 0 amide bonds. The van der Waals surface area contributed by atoms with Crippen LogP contribution < -0.4 is 0 Å². The Kier molecular flexibility index (Phi) is 3.07. The molecule has 1 heterocycles. The number of halogens is 2. The first-order valence-corrected chi connectivity index (χ1v) is 7.19. The number of hydrogen-bond acceptors (Lipinski definition) is 2. The highest BCUT2D eigenvalue weighted by atomic mass is 127. The summed E-state index contributed by atoms with van der Waals surface area (Å²) in [5.74, 6) is 0. The molecule has 0 saturated heterocycles. The van der Waals surface area contributed by atoms with Gasteiger partial charge < -0.3 is 0 Å². The molecule has 0 saturated carbocycles. The molecule has 1 aromatic carbocycles. The Balaban J connectivity index is 2.85. The molecule has 0 nitrogen and oxygen atoms in total. The van der Waals surface area contributed by atoms with E-state index in [-0.39, 0.29) is 0 Å². The zero-order valence-electron chi connectivity index (χ0n) is 6.80. The van der Waals surface area contributed by atoms with Crippen molar-refractivity contribution in [1.29, 1.82) is 0 Å². The molecule has 0 atom stereocenters. The summed E-state index contributed by atoms with van der Waals surface area (Å²) < 4.78 is 2.49. The summed E-state index contributed by atoms with van der Waals surface area (Å²) in [5.41, 5.74) is 0. The fourth-order valence-corrected chi connectivity index (χ4v) is 4.30. The van der Waals surface area contributed by atoms with E-state index in [0.29, 0.717) is 0 Å². The van der Waals surface area contributed by atoms with Crippen molar-refractivity contribution in [2.24, 2.45) is 0 Å². The van der Waals surface area contributed by atoms with Gasteiger partial charge in [-0.15, -0.1) is 23.1 Å². The van der Waals surface area contributed by atoms with Crippen LogP contribution in [0.15, 0.2) is 22.4 Å². The third kappa shape index (κ3) is 1.71. The van der Waals surface area contributed by atoms with E-state index in [1.54, 1.807) is 23.1 Å². The summed E-state index contributed by atoms with van der Waals surface area (Å²) in [6.07, 6.45) is 2.05. The van der Waals surface area contributed by atoms with Crippen molar-refractivity contribution >= 4 is 67.4 Å². The third-order valence-corrected chi connectivity index (χ3v) is 5.02. The lowest BCUT2D eigenvalue weighted by Crippen LogP contribution is -1.78. The van der Waals surface area contributed by atoms with Gasteiger partial charge in [-0.3, -0.25) is 0 Å². The van der Waals surface area contributed by atoms with Gasteiger partial charge in [-0.25, -0.2) is 0 Å². The monoisotopic (exact) mass is 340 g/mol. The molecular formula is C9H6ClIS2. The van der Waals surface area contributed by atoms with E-state index in [1.807, 2.05) is 0 Å². The van der Waals surface area contributed by atoms with Gasteiger partial charge in [0.1, 0.15) is 0 Å². The Morgan fingerprint density at radius 3 is 3.00 bits per heavy atom. The first-order chi connectivity index (χ1) is 6.24. The minimum atomic E-state index is 0.901.